The van der Waals surface area contributed by atoms with Crippen LogP contribution >= 0.6 is 0 Å². The zero-order chi connectivity index (χ0) is 20.8. The Balaban J connectivity index is 1.70. The topological polar surface area (TPSA) is 55.6 Å². The van der Waals surface area contributed by atoms with Gasteiger partial charge in [0.2, 0.25) is 0 Å². The second-order valence-corrected chi connectivity index (χ2v) is 7.33. The average molecular weight is 398 g/mol. The molecule has 5 nitrogen and oxygen atoms in total. The molecular weight excluding hydrogens is 379 g/mol. The number of rotatable bonds is 3. The molecule has 6 heteroatoms. The van der Waals surface area contributed by atoms with Gasteiger partial charge in [-0.15, -0.1) is 0 Å². The maximum absolute atomic E-state index is 14.4. The molecule has 0 saturated heterocycles. The van der Waals surface area contributed by atoms with Crippen molar-refractivity contribution in [2.75, 3.05) is 0 Å². The smallest absolute Gasteiger partial charge is 0.333 e. The minimum absolute atomic E-state index is 0.239. The first kappa shape index (κ1) is 18.1. The van der Waals surface area contributed by atoms with E-state index in [1.807, 2.05) is 43.3 Å². The van der Waals surface area contributed by atoms with Gasteiger partial charge in [-0.1, -0.05) is 42.0 Å². The Kier molecular flexibility index (Phi) is 4.13. The van der Waals surface area contributed by atoms with E-state index < -0.39 is 5.82 Å². The Labute approximate surface area is 172 Å². The summed E-state index contributed by atoms with van der Waals surface area (Å²) in [6, 6.07) is 20.1. The number of aryl methyl sites for hydroxylation is 2. The molecular formula is C24H19FN4O. The number of hydrogen-bond acceptors (Lipinski definition) is 2. The van der Waals surface area contributed by atoms with Gasteiger partial charge in [0.25, 0.3) is 0 Å². The summed E-state index contributed by atoms with van der Waals surface area (Å²) in [5.41, 5.74) is 6.09. The lowest BCUT2D eigenvalue weighted by atomic mass is 10.0. The number of para-hydroxylation sites is 1. The summed E-state index contributed by atoms with van der Waals surface area (Å²) in [5, 5.41) is 0. The van der Waals surface area contributed by atoms with Gasteiger partial charge in [-0.3, -0.25) is 9.13 Å². The number of fused-ring (bicyclic) bond motifs is 1. The van der Waals surface area contributed by atoms with Gasteiger partial charge in [0, 0.05) is 18.2 Å². The second-order valence-electron chi connectivity index (χ2n) is 7.33. The molecule has 5 rings (SSSR count). The third-order valence-corrected chi connectivity index (χ3v) is 5.37. The molecule has 0 atom stereocenters. The molecule has 0 aliphatic carbocycles. The SMILES string of the molecule is Cc1cccc(-c2nc[nH]c2-c2ccc3c(c2)n(C)c(=O)n3-c2ccccc2F)c1. The van der Waals surface area contributed by atoms with E-state index in [4.69, 9.17) is 0 Å². The third-order valence-electron chi connectivity index (χ3n) is 5.37. The Bertz CT molecular complexity index is 1460. The van der Waals surface area contributed by atoms with E-state index in [-0.39, 0.29) is 11.4 Å². The van der Waals surface area contributed by atoms with E-state index in [9.17, 15) is 9.18 Å². The molecule has 0 aliphatic rings. The number of hydrogen-bond donors (Lipinski definition) is 1. The highest BCUT2D eigenvalue weighted by Gasteiger charge is 2.17. The van der Waals surface area contributed by atoms with Crippen LogP contribution in [-0.4, -0.2) is 19.1 Å². The predicted octanol–water partition coefficient (Wildman–Crippen LogP) is 4.83. The van der Waals surface area contributed by atoms with Gasteiger partial charge in [-0.25, -0.2) is 14.2 Å². The Morgan fingerprint density at radius 1 is 0.933 bits per heavy atom. The molecule has 0 unspecified atom stereocenters. The van der Waals surface area contributed by atoms with Crippen LogP contribution in [0.3, 0.4) is 0 Å². The van der Waals surface area contributed by atoms with Gasteiger partial charge in [0.1, 0.15) is 5.82 Å². The van der Waals surface area contributed by atoms with Crippen molar-refractivity contribution in [1.82, 2.24) is 19.1 Å². The van der Waals surface area contributed by atoms with Crippen LogP contribution in [0.5, 0.6) is 0 Å². The first-order valence-electron chi connectivity index (χ1n) is 9.62. The minimum Gasteiger partial charge on any atom is -0.344 e. The van der Waals surface area contributed by atoms with Crippen molar-refractivity contribution < 1.29 is 4.39 Å². The highest BCUT2D eigenvalue weighted by atomic mass is 19.1. The summed E-state index contributed by atoms with van der Waals surface area (Å²) in [7, 11) is 1.69. The summed E-state index contributed by atoms with van der Waals surface area (Å²) in [4.78, 5) is 20.6. The van der Waals surface area contributed by atoms with Crippen LogP contribution in [-0.2, 0) is 7.05 Å². The van der Waals surface area contributed by atoms with Crippen LogP contribution in [0.15, 0.2) is 77.9 Å². The molecule has 0 spiro atoms. The van der Waals surface area contributed by atoms with Crippen LogP contribution in [0.2, 0.25) is 0 Å². The summed E-state index contributed by atoms with van der Waals surface area (Å²) in [5.74, 6) is -0.438. The Morgan fingerprint density at radius 3 is 2.57 bits per heavy atom. The zero-order valence-electron chi connectivity index (χ0n) is 16.6. The van der Waals surface area contributed by atoms with Crippen LogP contribution < -0.4 is 5.69 Å². The normalized spacial score (nSPS) is 11.3. The number of benzene rings is 3. The van der Waals surface area contributed by atoms with Crippen molar-refractivity contribution in [1.29, 1.82) is 0 Å². The van der Waals surface area contributed by atoms with Crippen LogP contribution in [0, 0.1) is 12.7 Å². The fraction of sp³-hybridized carbons (Fsp3) is 0.0833. The van der Waals surface area contributed by atoms with E-state index >= 15 is 0 Å². The number of H-pyrrole nitrogens is 1. The predicted molar refractivity (Wildman–Crippen MR) is 116 cm³/mol. The third kappa shape index (κ3) is 2.76. The van der Waals surface area contributed by atoms with Gasteiger partial charge in [0.05, 0.1) is 34.4 Å². The van der Waals surface area contributed by atoms with Crippen molar-refractivity contribution in [3.63, 3.8) is 0 Å². The highest BCUT2D eigenvalue weighted by Crippen LogP contribution is 2.31. The first-order chi connectivity index (χ1) is 14.5. The van der Waals surface area contributed by atoms with E-state index in [2.05, 4.69) is 16.0 Å². The van der Waals surface area contributed by atoms with Crippen LogP contribution in [0.4, 0.5) is 4.39 Å². The quantitative estimate of drug-likeness (QED) is 0.473. The van der Waals surface area contributed by atoms with Crippen molar-refractivity contribution in [3.8, 4) is 28.2 Å². The van der Waals surface area contributed by atoms with Crippen LogP contribution in [0.25, 0.3) is 39.2 Å². The number of imidazole rings is 2. The fourth-order valence-corrected chi connectivity index (χ4v) is 3.88. The number of halogens is 1. The molecule has 0 saturated carbocycles. The van der Waals surface area contributed by atoms with Crippen LogP contribution in [0.1, 0.15) is 5.56 Å². The first-order valence-corrected chi connectivity index (χ1v) is 9.62. The van der Waals surface area contributed by atoms with Crippen molar-refractivity contribution in [2.45, 2.75) is 6.92 Å². The molecule has 1 N–H and O–H groups in total. The molecule has 3 aromatic carbocycles. The molecule has 0 amide bonds. The molecule has 0 aliphatic heterocycles. The maximum atomic E-state index is 14.4. The molecule has 2 heterocycles. The molecule has 0 bridgehead atoms. The number of nitrogens with zero attached hydrogens (tertiary/aromatic N) is 3. The number of nitrogens with one attached hydrogen (secondary N) is 1. The molecule has 5 aromatic rings. The monoisotopic (exact) mass is 398 g/mol. The van der Waals surface area contributed by atoms with Gasteiger partial charge >= 0.3 is 5.69 Å². The standard InChI is InChI=1S/C24H19FN4O/c1-15-6-5-7-16(12-15)22-23(27-14-26-22)17-10-11-20-21(13-17)28(2)24(30)29(20)19-9-4-3-8-18(19)25/h3-14H,1-2H3,(H,26,27). The Hall–Kier alpha value is -3.93. The van der Waals surface area contributed by atoms with E-state index in [0.29, 0.717) is 11.0 Å². The second kappa shape index (κ2) is 6.84. The summed E-state index contributed by atoms with van der Waals surface area (Å²) in [6.45, 7) is 2.04. The van der Waals surface area contributed by atoms with Gasteiger partial charge in [-0.2, -0.15) is 0 Å². The zero-order valence-corrected chi connectivity index (χ0v) is 16.6. The van der Waals surface area contributed by atoms with Crippen molar-refractivity contribution in [3.05, 3.63) is 94.9 Å². The summed E-state index contributed by atoms with van der Waals surface area (Å²) in [6.07, 6.45) is 1.67. The van der Waals surface area contributed by atoms with E-state index in [0.717, 1.165) is 28.1 Å². The van der Waals surface area contributed by atoms with E-state index in [1.54, 1.807) is 31.6 Å². The number of aromatic amines is 1. The van der Waals surface area contributed by atoms with Gasteiger partial charge in [0.15, 0.2) is 0 Å². The lowest BCUT2D eigenvalue weighted by Gasteiger charge is -2.07. The lowest BCUT2D eigenvalue weighted by molar-refractivity contribution is 0.616. The van der Waals surface area contributed by atoms with Gasteiger partial charge < -0.3 is 4.98 Å². The Morgan fingerprint density at radius 2 is 1.77 bits per heavy atom. The minimum atomic E-state index is -0.438. The van der Waals surface area contributed by atoms with Crippen molar-refractivity contribution in [2.24, 2.45) is 7.05 Å². The summed E-state index contributed by atoms with van der Waals surface area (Å²) < 4.78 is 17.3. The van der Waals surface area contributed by atoms with Crippen molar-refractivity contribution >= 4 is 11.0 Å². The largest absolute Gasteiger partial charge is 0.344 e. The molecule has 30 heavy (non-hydrogen) atoms. The average Bonchev–Trinajstić information content (AvgIpc) is 3.33. The number of aromatic nitrogens is 4. The molecule has 0 radical (unpaired) electrons. The van der Waals surface area contributed by atoms with E-state index in [1.165, 1.54) is 15.2 Å². The maximum Gasteiger partial charge on any atom is 0.333 e. The molecule has 148 valence electrons. The summed E-state index contributed by atoms with van der Waals surface area (Å²) >= 11 is 0. The molecule has 2 aromatic heterocycles. The highest BCUT2D eigenvalue weighted by molar-refractivity contribution is 5.87. The molecule has 0 fully saturated rings. The van der Waals surface area contributed by atoms with Gasteiger partial charge in [-0.05, 0) is 37.3 Å². The lowest BCUT2D eigenvalue weighted by Crippen LogP contribution is -2.21. The fourth-order valence-electron chi connectivity index (χ4n) is 3.88.